The van der Waals surface area contributed by atoms with Gasteiger partial charge >= 0.3 is 0 Å². The van der Waals surface area contributed by atoms with Crippen molar-refractivity contribution in [2.75, 3.05) is 50.0 Å². The van der Waals surface area contributed by atoms with Crippen LogP contribution in [0.15, 0.2) is 0 Å². The minimum absolute atomic E-state index is 0.176. The van der Waals surface area contributed by atoms with Crippen LogP contribution < -0.4 is 0 Å². The highest BCUT2D eigenvalue weighted by Crippen LogP contribution is 3.03. The molecule has 0 aromatic rings. The second-order valence-corrected chi connectivity index (χ2v) is 33.1. The molecule has 0 aliphatic heterocycles. The van der Waals surface area contributed by atoms with Crippen LogP contribution in [-0.2, 0) is 0 Å². The quantitative estimate of drug-likeness (QED) is 0.607. The number of hydrogen-bond donors (Lipinski definition) is 0. The lowest BCUT2D eigenvalue weighted by Crippen LogP contribution is -2.23. The molecule has 0 aliphatic rings. The van der Waals surface area contributed by atoms with E-state index in [1.54, 1.807) is 0 Å². The van der Waals surface area contributed by atoms with Gasteiger partial charge in [-0.1, -0.05) is 20.8 Å². The van der Waals surface area contributed by atoms with Gasteiger partial charge in [-0.2, -0.15) is 0 Å². The molecule has 0 saturated carbocycles. The summed E-state index contributed by atoms with van der Waals surface area (Å²) in [5.74, 6) is 0. The van der Waals surface area contributed by atoms with Gasteiger partial charge in [0.05, 0.1) is 0 Å². The summed E-state index contributed by atoms with van der Waals surface area (Å²) in [6.45, 7) is 7.36. The summed E-state index contributed by atoms with van der Waals surface area (Å²) in [6.07, 6.45) is 20.4. The maximum atomic E-state index is 2.59. The van der Waals surface area contributed by atoms with Crippen molar-refractivity contribution in [2.24, 2.45) is 0 Å². The van der Waals surface area contributed by atoms with Crippen molar-refractivity contribution in [1.82, 2.24) is 0 Å². The molecule has 0 rings (SSSR count). The van der Waals surface area contributed by atoms with Gasteiger partial charge < -0.3 is 0 Å². The van der Waals surface area contributed by atoms with Crippen LogP contribution in [0.5, 0.6) is 0 Å². The summed E-state index contributed by atoms with van der Waals surface area (Å²) in [4.78, 5) is 0. The Bertz CT molecular complexity index is 226. The second-order valence-electron chi connectivity index (χ2n) is 7.15. The van der Waals surface area contributed by atoms with E-state index in [4.69, 9.17) is 0 Å². The molecule has 0 aromatic heterocycles. The Kier molecular flexibility index (Phi) is 5.32. The summed E-state index contributed by atoms with van der Waals surface area (Å²) < 4.78 is 0.485. The standard InChI is InChI=1S/C12H33PS3/c1-12(2,3)16(10,11)13(14(4,5)6)15(7,8)9/h1-11H3. The van der Waals surface area contributed by atoms with Crippen molar-refractivity contribution in [2.45, 2.75) is 25.5 Å². The molecule has 0 N–H and O–H groups in total. The molecule has 0 nitrogen and oxygen atoms in total. The lowest BCUT2D eigenvalue weighted by molar-refractivity contribution is 0.797. The van der Waals surface area contributed by atoms with Crippen LogP contribution in [0.25, 0.3) is 0 Å². The predicted octanol–water partition coefficient (Wildman–Crippen LogP) is 5.46. The SMILES string of the molecule is CC(C)(C)S(C)(C)P(S(C)(C)C)S(C)(C)C. The van der Waals surface area contributed by atoms with Crippen molar-refractivity contribution < 1.29 is 0 Å². The minimum Gasteiger partial charge on any atom is -0.214 e. The molecule has 0 aromatic carbocycles. The van der Waals surface area contributed by atoms with Gasteiger partial charge in [0.2, 0.25) is 0 Å². The van der Waals surface area contributed by atoms with Crippen LogP contribution in [0, 0.1) is 0 Å². The lowest BCUT2D eigenvalue weighted by Gasteiger charge is -2.62. The van der Waals surface area contributed by atoms with E-state index in [1.165, 1.54) is 0 Å². The topological polar surface area (TPSA) is 0 Å². The predicted molar refractivity (Wildman–Crippen MR) is 96.8 cm³/mol. The average molecular weight is 305 g/mol. The van der Waals surface area contributed by atoms with Gasteiger partial charge in [-0.15, -0.1) is 0 Å². The smallest absolute Gasteiger partial charge is 0.0186 e. The summed E-state index contributed by atoms with van der Waals surface area (Å²) in [5, 5.41) is 0. The molecule has 0 saturated heterocycles. The van der Waals surface area contributed by atoms with Gasteiger partial charge in [0.25, 0.3) is 0 Å². The first-order valence-corrected chi connectivity index (χ1v) is 16.8. The Morgan fingerprint density at radius 1 is 0.625 bits per heavy atom. The van der Waals surface area contributed by atoms with E-state index in [0.717, 1.165) is 0 Å². The van der Waals surface area contributed by atoms with Crippen LogP contribution in [0.4, 0.5) is 0 Å². The highest BCUT2D eigenvalue weighted by Gasteiger charge is 2.44. The summed E-state index contributed by atoms with van der Waals surface area (Å²) in [7, 11) is -1.36. The third kappa shape index (κ3) is 4.00. The largest absolute Gasteiger partial charge is 0.214 e. The minimum atomic E-state index is -0.515. The zero-order valence-electron chi connectivity index (χ0n) is 13.2. The molecule has 0 amide bonds. The first kappa shape index (κ1) is 17.5. The Labute approximate surface area is 110 Å². The zero-order chi connectivity index (χ0) is 13.6. The molecule has 4 heteroatoms. The molecular formula is C12H33PS3. The van der Waals surface area contributed by atoms with Crippen LogP contribution in [-0.4, -0.2) is 54.8 Å². The number of rotatable bonds is 3. The molecule has 0 aliphatic carbocycles. The maximum absolute atomic E-state index is 2.59. The van der Waals surface area contributed by atoms with E-state index in [1.807, 2.05) is 0 Å². The monoisotopic (exact) mass is 304 g/mol. The molecule has 0 bridgehead atoms. The number of hydrogen-bond acceptors (Lipinski definition) is 0. The molecule has 0 atom stereocenters. The second kappa shape index (κ2) is 4.87. The Balaban J connectivity index is 5.57. The van der Waals surface area contributed by atoms with Gasteiger partial charge in [-0.3, -0.25) is 0 Å². The normalized spacial score (nSPS) is 18.8. The Morgan fingerprint density at radius 2 is 0.875 bits per heavy atom. The third-order valence-corrected chi connectivity index (χ3v) is 40.4. The van der Waals surface area contributed by atoms with Crippen molar-refractivity contribution in [3.05, 3.63) is 0 Å². The van der Waals surface area contributed by atoms with E-state index < -0.39 is 28.9 Å². The Hall–Kier alpha value is 1.48. The van der Waals surface area contributed by atoms with Gasteiger partial charge in [0.15, 0.2) is 0 Å². The summed E-state index contributed by atoms with van der Waals surface area (Å²) in [5.41, 5.74) is 0.176. The van der Waals surface area contributed by atoms with E-state index in [2.05, 4.69) is 70.8 Å². The fraction of sp³-hybridized carbons (Fsp3) is 1.00. The van der Waals surface area contributed by atoms with Crippen LogP contribution >= 0.6 is 34.5 Å². The summed E-state index contributed by atoms with van der Waals surface area (Å²) in [6, 6.07) is 0. The molecule has 0 fully saturated rings. The van der Waals surface area contributed by atoms with E-state index in [9.17, 15) is 0 Å². The molecule has 0 spiro atoms. The lowest BCUT2D eigenvalue weighted by atomic mass is 10.3. The van der Waals surface area contributed by atoms with Crippen molar-refractivity contribution in [3.8, 4) is 0 Å². The Morgan fingerprint density at radius 3 is 0.938 bits per heavy atom. The van der Waals surface area contributed by atoms with E-state index >= 15 is 0 Å². The highest BCUT2D eigenvalue weighted by atomic mass is 33.4. The maximum Gasteiger partial charge on any atom is 0.0186 e. The van der Waals surface area contributed by atoms with Gasteiger partial charge in [-0.05, 0) is 54.8 Å². The molecular weight excluding hydrogens is 271 g/mol. The first-order valence-electron chi connectivity index (χ1n) is 5.52. The van der Waals surface area contributed by atoms with Crippen LogP contribution in [0.3, 0.4) is 0 Å². The molecule has 0 unspecified atom stereocenters. The van der Waals surface area contributed by atoms with Crippen molar-refractivity contribution in [3.63, 3.8) is 0 Å². The third-order valence-electron chi connectivity index (χ3n) is 2.77. The molecule has 104 valence electrons. The molecule has 16 heavy (non-hydrogen) atoms. The summed E-state index contributed by atoms with van der Waals surface area (Å²) >= 11 is 0. The van der Waals surface area contributed by atoms with Crippen molar-refractivity contribution >= 4 is 34.5 Å². The van der Waals surface area contributed by atoms with Gasteiger partial charge in [0.1, 0.15) is 0 Å². The van der Waals surface area contributed by atoms with Gasteiger partial charge in [0, 0.05) is 5.53 Å². The van der Waals surface area contributed by atoms with Crippen LogP contribution in [0.2, 0.25) is 0 Å². The highest BCUT2D eigenvalue weighted by molar-refractivity contribution is 9.31. The molecule has 0 heterocycles. The average Bonchev–Trinajstić information content (AvgIpc) is 1.72. The van der Waals surface area contributed by atoms with Crippen LogP contribution in [0.1, 0.15) is 20.8 Å². The fourth-order valence-corrected chi connectivity index (χ4v) is 54.3. The first-order chi connectivity index (χ1) is 6.62. The van der Waals surface area contributed by atoms with Gasteiger partial charge in [-0.25, -0.2) is 28.9 Å². The molecule has 0 radical (unpaired) electrons. The fourth-order valence-electron chi connectivity index (χ4n) is 2.01. The van der Waals surface area contributed by atoms with E-state index in [-0.39, 0.29) is 5.53 Å². The van der Waals surface area contributed by atoms with E-state index in [0.29, 0.717) is 4.75 Å². The zero-order valence-corrected chi connectivity index (χ0v) is 16.5. The van der Waals surface area contributed by atoms with Crippen molar-refractivity contribution in [1.29, 1.82) is 0 Å².